The third kappa shape index (κ3) is 4.84. The first-order chi connectivity index (χ1) is 11.4. The maximum Gasteiger partial charge on any atom is 0.219 e. The van der Waals surface area contributed by atoms with Crippen molar-refractivity contribution < 1.29 is 4.79 Å². The predicted molar refractivity (Wildman–Crippen MR) is 105 cm³/mol. The first kappa shape index (κ1) is 19.0. The molecule has 0 saturated carbocycles. The Balaban J connectivity index is 2.08. The molecule has 132 valence electrons. The highest BCUT2D eigenvalue weighted by atomic mass is 35.5. The van der Waals surface area contributed by atoms with Crippen molar-refractivity contribution in [1.82, 2.24) is 9.80 Å². The van der Waals surface area contributed by atoms with Gasteiger partial charge in [-0.05, 0) is 56.6 Å². The van der Waals surface area contributed by atoms with Gasteiger partial charge in [-0.3, -0.25) is 4.79 Å². The van der Waals surface area contributed by atoms with Crippen LogP contribution in [-0.4, -0.2) is 46.0 Å². The predicted octanol–water partition coefficient (Wildman–Crippen LogP) is 4.15. The van der Waals surface area contributed by atoms with Gasteiger partial charge < -0.3 is 15.1 Å². The van der Waals surface area contributed by atoms with Gasteiger partial charge in [-0.25, -0.2) is 0 Å². The average molecular weight is 368 g/mol. The average Bonchev–Trinajstić information content (AvgIpc) is 2.55. The van der Waals surface area contributed by atoms with Crippen molar-refractivity contribution in [3.63, 3.8) is 0 Å². The highest BCUT2D eigenvalue weighted by molar-refractivity contribution is 7.80. The molecule has 1 aliphatic rings. The molecule has 0 spiro atoms. The molecule has 1 fully saturated rings. The topological polar surface area (TPSA) is 35.6 Å². The van der Waals surface area contributed by atoms with E-state index in [9.17, 15) is 4.79 Å². The molecule has 0 bridgehead atoms. The van der Waals surface area contributed by atoms with Gasteiger partial charge in [0, 0.05) is 42.8 Å². The Hall–Kier alpha value is -1.33. The van der Waals surface area contributed by atoms with E-state index in [1.54, 1.807) is 6.92 Å². The third-order valence-electron chi connectivity index (χ3n) is 4.68. The molecular formula is C18H26ClN3OS. The Labute approximate surface area is 155 Å². The van der Waals surface area contributed by atoms with E-state index < -0.39 is 0 Å². The number of amides is 1. The molecule has 1 aromatic carbocycles. The van der Waals surface area contributed by atoms with E-state index in [0.29, 0.717) is 17.1 Å². The van der Waals surface area contributed by atoms with Gasteiger partial charge in [0.1, 0.15) is 0 Å². The first-order valence-corrected chi connectivity index (χ1v) is 9.31. The molecule has 0 unspecified atom stereocenters. The lowest BCUT2D eigenvalue weighted by atomic mass is 10.0. The minimum absolute atomic E-state index is 0.156. The first-order valence-electron chi connectivity index (χ1n) is 8.52. The van der Waals surface area contributed by atoms with Gasteiger partial charge in [-0.15, -0.1) is 0 Å². The van der Waals surface area contributed by atoms with Gasteiger partial charge in [-0.1, -0.05) is 24.6 Å². The van der Waals surface area contributed by atoms with Crippen LogP contribution in [0.5, 0.6) is 0 Å². The van der Waals surface area contributed by atoms with Gasteiger partial charge in [0.2, 0.25) is 5.91 Å². The van der Waals surface area contributed by atoms with Crippen LogP contribution in [0.2, 0.25) is 5.02 Å². The number of hydrogen-bond donors (Lipinski definition) is 1. The normalized spacial score (nSPS) is 16.6. The third-order valence-corrected chi connectivity index (χ3v) is 5.23. The number of hydrogen-bond acceptors (Lipinski definition) is 2. The number of carbonyl (C=O) groups excluding carboxylic acids is 1. The molecule has 1 atom stereocenters. The van der Waals surface area contributed by atoms with Crippen LogP contribution in [0.4, 0.5) is 5.69 Å². The molecule has 1 aliphatic heterocycles. The smallest absolute Gasteiger partial charge is 0.219 e. The van der Waals surface area contributed by atoms with Gasteiger partial charge in [0.05, 0.1) is 0 Å². The van der Waals surface area contributed by atoms with Gasteiger partial charge in [0.25, 0.3) is 0 Å². The van der Waals surface area contributed by atoms with Crippen molar-refractivity contribution in [2.45, 2.75) is 52.1 Å². The lowest BCUT2D eigenvalue weighted by Crippen LogP contribution is -2.52. The van der Waals surface area contributed by atoms with Crippen molar-refractivity contribution >= 4 is 40.5 Å². The molecule has 0 aliphatic carbocycles. The molecule has 24 heavy (non-hydrogen) atoms. The number of halogens is 1. The largest absolute Gasteiger partial charge is 0.343 e. The summed E-state index contributed by atoms with van der Waals surface area (Å²) in [6.45, 7) is 7.60. The second-order valence-electron chi connectivity index (χ2n) is 6.34. The van der Waals surface area contributed by atoms with E-state index in [2.05, 4.69) is 24.1 Å². The lowest BCUT2D eigenvalue weighted by molar-refractivity contribution is -0.130. The van der Waals surface area contributed by atoms with Crippen LogP contribution in [0.15, 0.2) is 24.3 Å². The number of anilines is 1. The molecule has 1 amide bonds. The zero-order chi connectivity index (χ0) is 17.7. The van der Waals surface area contributed by atoms with Crippen molar-refractivity contribution in [3.05, 3.63) is 29.3 Å². The van der Waals surface area contributed by atoms with Crippen molar-refractivity contribution in [1.29, 1.82) is 0 Å². The molecule has 2 rings (SSSR count). The molecular weight excluding hydrogens is 342 g/mol. The zero-order valence-electron chi connectivity index (χ0n) is 14.6. The monoisotopic (exact) mass is 367 g/mol. The number of carbonyl (C=O) groups is 1. The van der Waals surface area contributed by atoms with E-state index >= 15 is 0 Å². The number of rotatable bonds is 4. The van der Waals surface area contributed by atoms with E-state index in [1.807, 2.05) is 29.2 Å². The highest BCUT2D eigenvalue weighted by Gasteiger charge is 2.29. The molecule has 4 nitrogen and oxygen atoms in total. The van der Waals surface area contributed by atoms with Gasteiger partial charge in [0.15, 0.2) is 5.11 Å². The zero-order valence-corrected chi connectivity index (χ0v) is 16.2. The summed E-state index contributed by atoms with van der Waals surface area (Å²) < 4.78 is 0. The number of piperidine rings is 1. The summed E-state index contributed by atoms with van der Waals surface area (Å²) in [5.74, 6) is 0.156. The molecule has 1 saturated heterocycles. The summed E-state index contributed by atoms with van der Waals surface area (Å²) in [5.41, 5.74) is 0.905. The van der Waals surface area contributed by atoms with Crippen LogP contribution in [0.1, 0.15) is 40.0 Å². The number of nitrogens with zero attached hydrogens (tertiary/aromatic N) is 2. The summed E-state index contributed by atoms with van der Waals surface area (Å²) in [6, 6.07) is 8.30. The second kappa shape index (κ2) is 8.67. The summed E-state index contributed by atoms with van der Waals surface area (Å²) >= 11 is 11.8. The SMILES string of the molecule is CC[C@H](C)N(C(=S)Nc1cccc(Cl)c1)C1CCN(C(C)=O)CC1. The fourth-order valence-corrected chi connectivity index (χ4v) is 3.77. The summed E-state index contributed by atoms with van der Waals surface area (Å²) in [6.07, 6.45) is 2.91. The maximum atomic E-state index is 11.5. The maximum absolute atomic E-state index is 11.5. The quantitative estimate of drug-likeness (QED) is 0.811. The van der Waals surface area contributed by atoms with Gasteiger partial charge in [-0.2, -0.15) is 0 Å². The van der Waals surface area contributed by atoms with E-state index in [-0.39, 0.29) is 5.91 Å². The van der Waals surface area contributed by atoms with E-state index in [0.717, 1.165) is 43.2 Å². The lowest BCUT2D eigenvalue weighted by Gasteiger charge is -2.42. The van der Waals surface area contributed by atoms with Crippen LogP contribution in [0, 0.1) is 0 Å². The number of thiocarbonyl (C=S) groups is 1. The molecule has 0 aromatic heterocycles. The van der Waals surface area contributed by atoms with Crippen molar-refractivity contribution in [3.8, 4) is 0 Å². The number of likely N-dealkylation sites (tertiary alicyclic amines) is 1. The summed E-state index contributed by atoms with van der Waals surface area (Å²) in [7, 11) is 0. The molecule has 1 aromatic rings. The van der Waals surface area contributed by atoms with E-state index in [4.69, 9.17) is 23.8 Å². The minimum atomic E-state index is 0.156. The molecule has 6 heteroatoms. The summed E-state index contributed by atoms with van der Waals surface area (Å²) in [4.78, 5) is 15.7. The minimum Gasteiger partial charge on any atom is -0.343 e. The Kier molecular flexibility index (Phi) is 6.87. The number of nitrogens with one attached hydrogen (secondary N) is 1. The molecule has 1 N–H and O–H groups in total. The Bertz CT molecular complexity index is 587. The molecule has 1 heterocycles. The highest BCUT2D eigenvalue weighted by Crippen LogP contribution is 2.23. The number of benzene rings is 1. The van der Waals surface area contributed by atoms with Crippen molar-refractivity contribution in [2.24, 2.45) is 0 Å². The fourth-order valence-electron chi connectivity index (χ4n) is 3.14. The Morgan fingerprint density at radius 3 is 2.67 bits per heavy atom. The van der Waals surface area contributed by atoms with Crippen LogP contribution in [0.25, 0.3) is 0 Å². The van der Waals surface area contributed by atoms with E-state index in [1.165, 1.54) is 0 Å². The van der Waals surface area contributed by atoms with Crippen LogP contribution in [-0.2, 0) is 4.79 Å². The van der Waals surface area contributed by atoms with Crippen LogP contribution >= 0.6 is 23.8 Å². The summed E-state index contributed by atoms with van der Waals surface area (Å²) in [5, 5.41) is 4.74. The standard InChI is InChI=1S/C18H26ClN3OS/c1-4-13(2)22(17-8-10-21(11-9-17)14(3)23)18(24)20-16-7-5-6-15(19)12-16/h5-7,12-13,17H,4,8-11H2,1-3H3,(H,20,24)/t13-/m0/s1. The Morgan fingerprint density at radius 2 is 2.12 bits per heavy atom. The van der Waals surface area contributed by atoms with Crippen molar-refractivity contribution in [2.75, 3.05) is 18.4 Å². The van der Waals surface area contributed by atoms with Crippen LogP contribution < -0.4 is 5.32 Å². The Morgan fingerprint density at radius 1 is 1.46 bits per heavy atom. The van der Waals surface area contributed by atoms with Crippen LogP contribution in [0.3, 0.4) is 0 Å². The van der Waals surface area contributed by atoms with Gasteiger partial charge >= 0.3 is 0 Å². The molecule has 0 radical (unpaired) electrons. The second-order valence-corrected chi connectivity index (χ2v) is 7.17. The fraction of sp³-hybridized carbons (Fsp3) is 0.556.